The Labute approximate surface area is 136 Å². The lowest BCUT2D eigenvalue weighted by Gasteiger charge is -2.29. The van der Waals surface area contributed by atoms with Gasteiger partial charge in [0.2, 0.25) is 0 Å². The summed E-state index contributed by atoms with van der Waals surface area (Å²) in [6.45, 7) is 7.47. The average molecular weight is 340 g/mol. The first-order valence-corrected chi connectivity index (χ1v) is 7.85. The molecule has 0 unspecified atom stereocenters. The summed E-state index contributed by atoms with van der Waals surface area (Å²) in [6.07, 6.45) is 0.366. The van der Waals surface area contributed by atoms with Crippen LogP contribution in [0.1, 0.15) is 34.1 Å². The van der Waals surface area contributed by atoms with Gasteiger partial charge in [-0.15, -0.1) is 23.2 Å². The molecular formula is C14H23Cl2NO2S. The molecule has 1 aliphatic carbocycles. The van der Waals surface area contributed by atoms with Crippen molar-refractivity contribution in [2.24, 2.45) is 17.8 Å². The lowest BCUT2D eigenvalue weighted by molar-refractivity contribution is -0.160. The molecule has 1 saturated carbocycles. The van der Waals surface area contributed by atoms with Crippen molar-refractivity contribution in [3.05, 3.63) is 0 Å². The minimum Gasteiger partial charge on any atom is -0.460 e. The molecule has 0 saturated heterocycles. The molecule has 116 valence electrons. The van der Waals surface area contributed by atoms with Crippen LogP contribution in [-0.2, 0) is 9.53 Å². The van der Waals surface area contributed by atoms with Crippen molar-refractivity contribution in [1.29, 1.82) is 0 Å². The molecule has 1 aliphatic rings. The van der Waals surface area contributed by atoms with Crippen LogP contribution in [0.2, 0.25) is 0 Å². The second-order valence-electron chi connectivity index (χ2n) is 6.65. The van der Waals surface area contributed by atoms with Gasteiger partial charge < -0.3 is 9.64 Å². The van der Waals surface area contributed by atoms with Crippen LogP contribution < -0.4 is 0 Å². The number of hydrogen-bond acceptors (Lipinski definition) is 3. The fourth-order valence-corrected chi connectivity index (χ4v) is 3.48. The smallest absolute Gasteiger partial charge is 0.310 e. The van der Waals surface area contributed by atoms with E-state index in [0.29, 0.717) is 11.4 Å². The van der Waals surface area contributed by atoms with E-state index in [4.69, 9.17) is 40.2 Å². The summed E-state index contributed by atoms with van der Waals surface area (Å²) in [5, 5.41) is 0. The highest BCUT2D eigenvalue weighted by Gasteiger charge is 2.54. The van der Waals surface area contributed by atoms with Gasteiger partial charge in [-0.2, -0.15) is 0 Å². The Morgan fingerprint density at radius 2 is 1.85 bits per heavy atom. The lowest BCUT2D eigenvalue weighted by Crippen LogP contribution is -2.38. The van der Waals surface area contributed by atoms with E-state index in [0.717, 1.165) is 0 Å². The highest BCUT2D eigenvalue weighted by atomic mass is 35.5. The van der Waals surface area contributed by atoms with E-state index in [9.17, 15) is 4.79 Å². The molecule has 20 heavy (non-hydrogen) atoms. The number of carbonyl (C=O) groups is 1. The summed E-state index contributed by atoms with van der Waals surface area (Å²) in [5.74, 6) is -0.945. The quantitative estimate of drug-likeness (QED) is 0.436. The molecular weight excluding hydrogens is 317 g/mol. The molecule has 0 aromatic carbocycles. The number of halogens is 2. The lowest BCUT2D eigenvalue weighted by atomic mass is 9.89. The largest absolute Gasteiger partial charge is 0.460 e. The molecule has 0 aliphatic heterocycles. The van der Waals surface area contributed by atoms with Crippen molar-refractivity contribution in [2.45, 2.75) is 44.1 Å². The first-order valence-electron chi connectivity index (χ1n) is 6.68. The van der Waals surface area contributed by atoms with Gasteiger partial charge in [-0.3, -0.25) is 4.79 Å². The zero-order valence-corrected chi connectivity index (χ0v) is 15.2. The van der Waals surface area contributed by atoms with Gasteiger partial charge in [0.1, 0.15) is 9.93 Å². The first-order chi connectivity index (χ1) is 8.87. The number of hydrogen-bond donors (Lipinski definition) is 0. The number of rotatable bonds is 2. The summed E-state index contributed by atoms with van der Waals surface area (Å²) in [5.41, 5.74) is -0.533. The van der Waals surface area contributed by atoms with Gasteiger partial charge in [-0.25, -0.2) is 0 Å². The molecule has 3 nitrogen and oxygen atoms in total. The average Bonchev–Trinajstić information content (AvgIpc) is 2.47. The van der Waals surface area contributed by atoms with Crippen LogP contribution in [-0.4, -0.2) is 39.9 Å². The van der Waals surface area contributed by atoms with Crippen molar-refractivity contribution in [3.8, 4) is 0 Å². The number of ether oxygens (including phenoxy) is 1. The standard InChI is InChI=1S/C14H23Cl2NO2S/c1-8-10(11(20)17(5)6)9(7-14(8,15)16)12(18)19-13(2,3)4/h8-10H,7H2,1-6H3/t8-,9+,10-/m1/s1. The van der Waals surface area contributed by atoms with Crippen LogP contribution in [0.5, 0.6) is 0 Å². The van der Waals surface area contributed by atoms with Gasteiger partial charge in [0, 0.05) is 20.0 Å². The van der Waals surface area contributed by atoms with Crippen molar-refractivity contribution in [2.75, 3.05) is 14.1 Å². The van der Waals surface area contributed by atoms with Crippen LogP contribution in [0.4, 0.5) is 0 Å². The number of carbonyl (C=O) groups excluding carboxylic acids is 1. The van der Waals surface area contributed by atoms with E-state index < -0.39 is 15.9 Å². The summed E-state index contributed by atoms with van der Waals surface area (Å²) >= 11 is 18.2. The Kier molecular flexibility index (Phi) is 5.37. The predicted octanol–water partition coefficient (Wildman–Crippen LogP) is 3.66. The van der Waals surface area contributed by atoms with Gasteiger partial charge >= 0.3 is 5.97 Å². The Morgan fingerprint density at radius 3 is 2.25 bits per heavy atom. The molecule has 6 heteroatoms. The van der Waals surface area contributed by atoms with Crippen LogP contribution in [0.15, 0.2) is 0 Å². The van der Waals surface area contributed by atoms with E-state index in [1.807, 2.05) is 46.7 Å². The fraction of sp³-hybridized carbons (Fsp3) is 0.857. The predicted molar refractivity (Wildman–Crippen MR) is 87.3 cm³/mol. The molecule has 0 heterocycles. The maximum atomic E-state index is 12.4. The van der Waals surface area contributed by atoms with Crippen LogP contribution in [0.3, 0.4) is 0 Å². The van der Waals surface area contributed by atoms with Crippen molar-refractivity contribution in [1.82, 2.24) is 4.90 Å². The van der Waals surface area contributed by atoms with Crippen LogP contribution in [0.25, 0.3) is 0 Å². The molecule has 0 amide bonds. The molecule has 0 aromatic rings. The fourth-order valence-electron chi connectivity index (χ4n) is 2.51. The minimum atomic E-state index is -0.952. The third-order valence-electron chi connectivity index (χ3n) is 3.57. The normalized spacial score (nSPS) is 29.1. The van der Waals surface area contributed by atoms with E-state index in [-0.39, 0.29) is 17.8 Å². The van der Waals surface area contributed by atoms with E-state index in [1.54, 1.807) is 0 Å². The number of thiocarbonyl (C=S) groups is 1. The molecule has 0 spiro atoms. The second-order valence-corrected chi connectivity index (χ2v) is 8.61. The Balaban J connectivity index is 3.03. The summed E-state index contributed by atoms with van der Waals surface area (Å²) in [4.78, 5) is 14.9. The molecule has 3 atom stereocenters. The monoisotopic (exact) mass is 339 g/mol. The van der Waals surface area contributed by atoms with Gasteiger partial charge in [0.05, 0.1) is 10.9 Å². The SMILES string of the molecule is C[C@@H]1[C@@H](C(=S)N(C)C)[C@@H](C(=O)OC(C)(C)C)CC1(Cl)Cl. The highest BCUT2D eigenvalue weighted by molar-refractivity contribution is 7.80. The maximum Gasteiger partial charge on any atom is 0.310 e. The van der Waals surface area contributed by atoms with Gasteiger partial charge in [-0.05, 0) is 33.1 Å². The van der Waals surface area contributed by atoms with Crippen molar-refractivity contribution in [3.63, 3.8) is 0 Å². The zero-order chi connectivity index (χ0) is 15.9. The summed E-state index contributed by atoms with van der Waals surface area (Å²) in [6, 6.07) is 0. The van der Waals surface area contributed by atoms with Crippen molar-refractivity contribution >= 4 is 46.4 Å². The Hall–Kier alpha value is -0.0600. The Bertz CT molecular complexity index is 404. The van der Waals surface area contributed by atoms with Gasteiger partial charge in [0.15, 0.2) is 0 Å². The van der Waals surface area contributed by atoms with Crippen LogP contribution in [0, 0.1) is 17.8 Å². The summed E-state index contributed by atoms with van der Waals surface area (Å²) in [7, 11) is 3.73. The topological polar surface area (TPSA) is 29.5 Å². The number of esters is 1. The van der Waals surface area contributed by atoms with Crippen molar-refractivity contribution < 1.29 is 9.53 Å². The third kappa shape index (κ3) is 3.99. The molecule has 1 rings (SSSR count). The molecule has 0 radical (unpaired) electrons. The van der Waals surface area contributed by atoms with E-state index in [1.165, 1.54) is 0 Å². The molecule has 0 N–H and O–H groups in total. The minimum absolute atomic E-state index is 0.0988. The zero-order valence-electron chi connectivity index (χ0n) is 12.9. The second kappa shape index (κ2) is 5.98. The van der Waals surface area contributed by atoms with Gasteiger partial charge in [-0.1, -0.05) is 19.1 Å². The molecule has 0 aromatic heterocycles. The number of alkyl halides is 2. The first kappa shape index (κ1) is 18.0. The maximum absolute atomic E-state index is 12.4. The molecule has 1 fully saturated rings. The third-order valence-corrected chi connectivity index (χ3v) is 5.20. The van der Waals surface area contributed by atoms with Crippen LogP contribution >= 0.6 is 35.4 Å². The summed E-state index contributed by atoms with van der Waals surface area (Å²) < 4.78 is 4.54. The number of nitrogens with zero attached hydrogens (tertiary/aromatic N) is 1. The molecule has 0 bridgehead atoms. The van der Waals surface area contributed by atoms with E-state index >= 15 is 0 Å². The highest BCUT2D eigenvalue weighted by Crippen LogP contribution is 2.52. The van der Waals surface area contributed by atoms with E-state index in [2.05, 4.69) is 0 Å². The Morgan fingerprint density at radius 1 is 1.35 bits per heavy atom. The van der Waals surface area contributed by atoms with Gasteiger partial charge in [0.25, 0.3) is 0 Å².